The highest BCUT2D eigenvalue weighted by Crippen LogP contribution is 2.24. The summed E-state index contributed by atoms with van der Waals surface area (Å²) in [6, 6.07) is 8.79. The van der Waals surface area contributed by atoms with Crippen molar-refractivity contribution in [2.45, 2.75) is 63.1 Å². The quantitative estimate of drug-likeness (QED) is 0.888. The zero-order chi connectivity index (χ0) is 16.9. The lowest BCUT2D eigenvalue weighted by molar-refractivity contribution is -0.132. The smallest absolute Gasteiger partial charge is 0.254 e. The summed E-state index contributed by atoms with van der Waals surface area (Å²) in [4.78, 5) is 26.7. The molecule has 5 nitrogen and oxygen atoms in total. The van der Waals surface area contributed by atoms with Gasteiger partial charge in [-0.2, -0.15) is 0 Å². The van der Waals surface area contributed by atoms with Gasteiger partial charge in [-0.05, 0) is 37.8 Å². The normalized spacial score (nSPS) is 23.0. The fraction of sp³-hybridized carbons (Fsp3) is 0.579. The average molecular weight is 330 g/mol. The molecule has 1 heterocycles. The molecule has 0 radical (unpaired) electrons. The highest BCUT2D eigenvalue weighted by atomic mass is 16.3. The molecule has 130 valence electrons. The van der Waals surface area contributed by atoms with Crippen molar-refractivity contribution in [1.82, 2.24) is 10.2 Å². The van der Waals surface area contributed by atoms with Crippen LogP contribution in [-0.4, -0.2) is 46.6 Å². The van der Waals surface area contributed by atoms with Crippen molar-refractivity contribution >= 4 is 11.8 Å². The molecule has 24 heavy (non-hydrogen) atoms. The number of carbonyl (C=O) groups excluding carboxylic acids is 2. The van der Waals surface area contributed by atoms with Crippen LogP contribution in [0.2, 0.25) is 0 Å². The van der Waals surface area contributed by atoms with E-state index < -0.39 is 12.1 Å². The van der Waals surface area contributed by atoms with Crippen molar-refractivity contribution in [3.63, 3.8) is 0 Å². The van der Waals surface area contributed by atoms with E-state index in [4.69, 9.17) is 0 Å². The van der Waals surface area contributed by atoms with Crippen LogP contribution >= 0.6 is 0 Å². The second kappa shape index (κ2) is 7.79. The Hall–Kier alpha value is -1.88. The van der Waals surface area contributed by atoms with Crippen molar-refractivity contribution in [3.8, 4) is 0 Å². The number of hydrogen-bond acceptors (Lipinski definition) is 3. The Bertz CT molecular complexity index is 569. The first-order valence-corrected chi connectivity index (χ1v) is 9.01. The zero-order valence-electron chi connectivity index (χ0n) is 14.0. The third-order valence-corrected chi connectivity index (χ3v) is 5.17. The molecular formula is C19H26N2O3. The first-order valence-electron chi connectivity index (χ1n) is 9.01. The van der Waals surface area contributed by atoms with Gasteiger partial charge in [-0.3, -0.25) is 9.59 Å². The van der Waals surface area contributed by atoms with Crippen LogP contribution in [0.3, 0.4) is 0 Å². The number of aliphatic hydroxyl groups is 1. The summed E-state index contributed by atoms with van der Waals surface area (Å²) < 4.78 is 0. The first-order chi connectivity index (χ1) is 11.7. The molecule has 1 aliphatic heterocycles. The summed E-state index contributed by atoms with van der Waals surface area (Å²) in [7, 11) is 0. The Labute approximate surface area is 143 Å². The first kappa shape index (κ1) is 17.0. The Morgan fingerprint density at radius 2 is 1.75 bits per heavy atom. The number of amides is 2. The molecule has 2 N–H and O–H groups in total. The lowest BCUT2D eigenvalue weighted by atomic mass is 9.95. The summed E-state index contributed by atoms with van der Waals surface area (Å²) in [6.45, 7) is 0.589. The highest BCUT2D eigenvalue weighted by Gasteiger charge is 2.38. The molecule has 3 rings (SSSR count). The minimum atomic E-state index is -1.15. The largest absolute Gasteiger partial charge is 0.381 e. The monoisotopic (exact) mass is 330 g/mol. The Morgan fingerprint density at radius 1 is 1.04 bits per heavy atom. The maximum absolute atomic E-state index is 12.7. The van der Waals surface area contributed by atoms with Gasteiger partial charge in [0.05, 0.1) is 6.04 Å². The van der Waals surface area contributed by atoms with E-state index in [0.717, 1.165) is 32.1 Å². The molecule has 2 aliphatic rings. The number of nitrogens with zero attached hydrogens (tertiary/aromatic N) is 1. The molecule has 0 bridgehead atoms. The number of likely N-dealkylation sites (tertiary alicyclic amines) is 1. The standard InChI is InChI=1S/C19H26N2O3/c22-17(18(23)20-15-10-5-2-6-11-15)16-12-7-13-21(16)19(24)14-8-3-1-4-9-14/h1,3-4,8-9,15-17,22H,2,5-7,10-13H2,(H,20,23)/t16-,17?/m0/s1. The molecule has 1 aromatic rings. The van der Waals surface area contributed by atoms with Gasteiger partial charge in [-0.1, -0.05) is 37.5 Å². The summed E-state index contributed by atoms with van der Waals surface area (Å²) in [5.41, 5.74) is 0.601. The van der Waals surface area contributed by atoms with Gasteiger partial charge < -0.3 is 15.3 Å². The predicted octanol–water partition coefficient (Wildman–Crippen LogP) is 2.10. The van der Waals surface area contributed by atoms with E-state index in [0.29, 0.717) is 18.5 Å². The lowest BCUT2D eigenvalue weighted by Crippen LogP contribution is -2.52. The number of benzene rings is 1. The van der Waals surface area contributed by atoms with E-state index in [2.05, 4.69) is 5.32 Å². The summed E-state index contributed by atoms with van der Waals surface area (Å²) in [5, 5.41) is 13.5. The number of hydrogen-bond donors (Lipinski definition) is 2. The predicted molar refractivity (Wildman–Crippen MR) is 91.5 cm³/mol. The van der Waals surface area contributed by atoms with Gasteiger partial charge in [-0.25, -0.2) is 0 Å². The van der Waals surface area contributed by atoms with Crippen LogP contribution in [-0.2, 0) is 4.79 Å². The SMILES string of the molecule is O=C(NC1CCCCC1)C(O)[C@@H]1CCCN1C(=O)c1ccccc1. The lowest BCUT2D eigenvalue weighted by Gasteiger charge is -2.30. The van der Waals surface area contributed by atoms with Crippen LogP contribution in [0.4, 0.5) is 0 Å². The molecule has 1 unspecified atom stereocenters. The maximum Gasteiger partial charge on any atom is 0.254 e. The maximum atomic E-state index is 12.7. The number of rotatable bonds is 4. The summed E-state index contributed by atoms with van der Waals surface area (Å²) in [6.07, 6.45) is 5.77. The van der Waals surface area contributed by atoms with Gasteiger partial charge in [-0.15, -0.1) is 0 Å². The van der Waals surface area contributed by atoms with E-state index >= 15 is 0 Å². The second-order valence-electron chi connectivity index (χ2n) is 6.86. The minimum Gasteiger partial charge on any atom is -0.381 e. The van der Waals surface area contributed by atoms with Crippen molar-refractivity contribution < 1.29 is 14.7 Å². The van der Waals surface area contributed by atoms with Gasteiger partial charge >= 0.3 is 0 Å². The topological polar surface area (TPSA) is 69.6 Å². The molecule has 1 saturated heterocycles. The number of carbonyl (C=O) groups is 2. The van der Waals surface area contributed by atoms with Crippen molar-refractivity contribution in [2.75, 3.05) is 6.54 Å². The molecule has 0 aromatic heterocycles. The van der Waals surface area contributed by atoms with E-state index in [1.165, 1.54) is 6.42 Å². The third kappa shape index (κ3) is 3.78. The van der Waals surface area contributed by atoms with Gasteiger partial charge in [0.2, 0.25) is 0 Å². The average Bonchev–Trinajstić information content (AvgIpc) is 3.11. The van der Waals surface area contributed by atoms with Crippen molar-refractivity contribution in [3.05, 3.63) is 35.9 Å². The summed E-state index contributed by atoms with van der Waals surface area (Å²) >= 11 is 0. The Balaban J connectivity index is 1.63. The van der Waals surface area contributed by atoms with Crippen molar-refractivity contribution in [1.29, 1.82) is 0 Å². The molecular weight excluding hydrogens is 304 g/mol. The van der Waals surface area contributed by atoms with Gasteiger partial charge in [0.25, 0.3) is 11.8 Å². The molecule has 2 atom stereocenters. The fourth-order valence-electron chi connectivity index (χ4n) is 3.83. The molecule has 2 fully saturated rings. The Morgan fingerprint density at radius 3 is 2.46 bits per heavy atom. The van der Waals surface area contributed by atoms with Crippen LogP contribution in [0, 0.1) is 0 Å². The second-order valence-corrected chi connectivity index (χ2v) is 6.86. The van der Waals surface area contributed by atoms with Crippen LogP contribution in [0.1, 0.15) is 55.3 Å². The van der Waals surface area contributed by atoms with Gasteiger partial charge in [0.15, 0.2) is 6.10 Å². The number of aliphatic hydroxyl groups excluding tert-OH is 1. The molecule has 1 aliphatic carbocycles. The van der Waals surface area contributed by atoms with Gasteiger partial charge in [0, 0.05) is 18.2 Å². The highest BCUT2D eigenvalue weighted by molar-refractivity contribution is 5.95. The van der Waals surface area contributed by atoms with Crippen molar-refractivity contribution in [2.24, 2.45) is 0 Å². The molecule has 1 aromatic carbocycles. The molecule has 1 saturated carbocycles. The van der Waals surface area contributed by atoms with E-state index in [1.807, 2.05) is 18.2 Å². The molecule has 2 amide bonds. The van der Waals surface area contributed by atoms with Crippen LogP contribution in [0.5, 0.6) is 0 Å². The Kier molecular flexibility index (Phi) is 5.51. The van der Waals surface area contributed by atoms with Crippen LogP contribution < -0.4 is 5.32 Å². The van der Waals surface area contributed by atoms with Gasteiger partial charge in [0.1, 0.15) is 0 Å². The van der Waals surface area contributed by atoms with Crippen LogP contribution in [0.15, 0.2) is 30.3 Å². The van der Waals surface area contributed by atoms with E-state index in [1.54, 1.807) is 17.0 Å². The number of nitrogens with one attached hydrogen (secondary N) is 1. The van der Waals surface area contributed by atoms with Crippen LogP contribution in [0.25, 0.3) is 0 Å². The fourth-order valence-corrected chi connectivity index (χ4v) is 3.83. The summed E-state index contributed by atoms with van der Waals surface area (Å²) in [5.74, 6) is -0.442. The molecule has 5 heteroatoms. The van der Waals surface area contributed by atoms with E-state index in [9.17, 15) is 14.7 Å². The zero-order valence-corrected chi connectivity index (χ0v) is 14.0. The van der Waals surface area contributed by atoms with E-state index in [-0.39, 0.29) is 17.9 Å². The third-order valence-electron chi connectivity index (χ3n) is 5.17. The minimum absolute atomic E-state index is 0.109. The molecule has 0 spiro atoms.